The van der Waals surface area contributed by atoms with Crippen LogP contribution in [0.25, 0.3) is 0 Å². The van der Waals surface area contributed by atoms with E-state index in [2.05, 4.69) is 24.8 Å². The van der Waals surface area contributed by atoms with Crippen molar-refractivity contribution in [2.24, 2.45) is 5.41 Å². The number of piperidine rings is 1. The van der Waals surface area contributed by atoms with Crippen LogP contribution in [0.15, 0.2) is 6.07 Å². The average molecular weight is 376 g/mol. The van der Waals surface area contributed by atoms with Crippen LogP contribution in [0.5, 0.6) is 0 Å². The molecule has 0 unspecified atom stereocenters. The lowest BCUT2D eigenvalue weighted by Crippen LogP contribution is -2.38. The Balaban J connectivity index is 0.00000102. The molecule has 150 valence electrons. The maximum Gasteiger partial charge on any atom is 0.255 e. The summed E-state index contributed by atoms with van der Waals surface area (Å²) in [7, 11) is 2.85. The minimum Gasteiger partial charge on any atom is -0.400 e. The van der Waals surface area contributed by atoms with E-state index in [0.717, 1.165) is 63.1 Å². The van der Waals surface area contributed by atoms with Gasteiger partial charge in [0.05, 0.1) is 30.5 Å². The van der Waals surface area contributed by atoms with E-state index in [1.807, 2.05) is 7.05 Å². The second-order valence-electron chi connectivity index (χ2n) is 8.29. The van der Waals surface area contributed by atoms with Crippen molar-refractivity contribution < 1.29 is 14.6 Å². The molecule has 1 amide bonds. The van der Waals surface area contributed by atoms with Crippen LogP contribution < -0.4 is 4.90 Å². The van der Waals surface area contributed by atoms with Crippen molar-refractivity contribution in [2.45, 2.75) is 58.6 Å². The molecule has 1 aromatic rings. The van der Waals surface area contributed by atoms with Crippen molar-refractivity contribution in [3.8, 4) is 0 Å². The molecule has 6 nitrogen and oxygen atoms in total. The first-order valence-corrected chi connectivity index (χ1v) is 10.1. The first-order chi connectivity index (χ1) is 13.0. The number of hydrogen-bond donors (Lipinski definition) is 1. The molecule has 4 rings (SSSR count). The predicted octanol–water partition coefficient (Wildman–Crippen LogP) is 2.62. The molecule has 0 aromatic carbocycles. The van der Waals surface area contributed by atoms with Crippen LogP contribution in [0.1, 0.15) is 61.1 Å². The number of amides is 1. The van der Waals surface area contributed by atoms with E-state index in [1.165, 1.54) is 18.4 Å². The van der Waals surface area contributed by atoms with Gasteiger partial charge >= 0.3 is 0 Å². The average Bonchev–Trinajstić information content (AvgIpc) is 3.38. The molecular weight excluding hydrogens is 342 g/mol. The molecule has 1 saturated carbocycles. The Hall–Kier alpha value is -1.66. The molecule has 27 heavy (non-hydrogen) atoms. The quantitative estimate of drug-likeness (QED) is 0.857. The predicted molar refractivity (Wildman–Crippen MR) is 106 cm³/mol. The molecule has 1 N–H and O–H groups in total. The molecule has 3 aliphatic rings. The summed E-state index contributed by atoms with van der Waals surface area (Å²) >= 11 is 0. The SMILES string of the molecule is CCc1cc2c(nc1N1CCC(OCC3(C)CC3)CC1)CN(C)C2=O.CO. The molecule has 0 bridgehead atoms. The molecule has 1 aromatic heterocycles. The molecule has 6 heteroatoms. The van der Waals surface area contributed by atoms with Gasteiger partial charge in [-0.15, -0.1) is 0 Å². The topological polar surface area (TPSA) is 65.9 Å². The largest absolute Gasteiger partial charge is 0.400 e. The van der Waals surface area contributed by atoms with Gasteiger partial charge in [0.2, 0.25) is 0 Å². The van der Waals surface area contributed by atoms with Crippen LogP contribution in [0, 0.1) is 5.41 Å². The van der Waals surface area contributed by atoms with Crippen molar-refractivity contribution >= 4 is 11.7 Å². The Labute approximate surface area is 162 Å². The fraction of sp³-hybridized carbons (Fsp3) is 0.714. The number of hydrogen-bond acceptors (Lipinski definition) is 5. The van der Waals surface area contributed by atoms with Crippen LogP contribution in [0.3, 0.4) is 0 Å². The number of ether oxygens (including phenoxy) is 1. The maximum atomic E-state index is 12.2. The Bertz CT molecular complexity index is 679. The molecule has 2 fully saturated rings. The van der Waals surface area contributed by atoms with Gasteiger partial charge in [-0.3, -0.25) is 4.79 Å². The van der Waals surface area contributed by atoms with Gasteiger partial charge in [0, 0.05) is 27.2 Å². The molecular formula is C21H33N3O3. The van der Waals surface area contributed by atoms with Crippen LogP contribution in [-0.4, -0.2) is 60.9 Å². The van der Waals surface area contributed by atoms with E-state index in [9.17, 15) is 4.79 Å². The first kappa shape index (κ1) is 20.1. The standard InChI is InChI=1S/C20H29N3O2.CH4O/c1-4-14-11-16-17(12-22(3)19(16)24)21-18(14)23-9-5-15(6-10-23)25-13-20(2)7-8-20;1-2/h11,15H,4-10,12-13H2,1-3H3;2H,1H3. The van der Waals surface area contributed by atoms with Crippen LogP contribution in [-0.2, 0) is 17.7 Å². The van der Waals surface area contributed by atoms with Crippen LogP contribution >= 0.6 is 0 Å². The number of carbonyl (C=O) groups is 1. The van der Waals surface area contributed by atoms with E-state index < -0.39 is 0 Å². The van der Waals surface area contributed by atoms with E-state index in [4.69, 9.17) is 14.8 Å². The molecule has 0 atom stereocenters. The van der Waals surface area contributed by atoms with Crippen LogP contribution in [0.2, 0.25) is 0 Å². The Morgan fingerprint density at radius 1 is 1.30 bits per heavy atom. The molecule has 3 heterocycles. The van der Waals surface area contributed by atoms with E-state index in [0.29, 0.717) is 18.1 Å². The van der Waals surface area contributed by atoms with Crippen molar-refractivity contribution in [3.05, 3.63) is 22.9 Å². The zero-order valence-corrected chi connectivity index (χ0v) is 17.1. The van der Waals surface area contributed by atoms with Crippen LogP contribution in [0.4, 0.5) is 5.82 Å². The summed E-state index contributed by atoms with van der Waals surface area (Å²) in [5.41, 5.74) is 3.37. The third-order valence-corrected chi connectivity index (χ3v) is 6.02. The molecule has 1 saturated heterocycles. The normalized spacial score (nSPS) is 21.0. The van der Waals surface area contributed by atoms with Gasteiger partial charge < -0.3 is 19.6 Å². The highest BCUT2D eigenvalue weighted by molar-refractivity contribution is 5.98. The number of aryl methyl sites for hydroxylation is 1. The number of carbonyl (C=O) groups excluding carboxylic acids is 1. The van der Waals surface area contributed by atoms with Gasteiger partial charge in [0.15, 0.2) is 0 Å². The number of rotatable bonds is 5. The van der Waals surface area contributed by atoms with Gasteiger partial charge in [0.1, 0.15) is 5.82 Å². The summed E-state index contributed by atoms with van der Waals surface area (Å²) in [6.45, 7) is 7.99. The fourth-order valence-corrected chi connectivity index (χ4v) is 3.83. The smallest absolute Gasteiger partial charge is 0.255 e. The molecule has 1 aliphatic carbocycles. The van der Waals surface area contributed by atoms with Crippen molar-refractivity contribution in [1.29, 1.82) is 0 Å². The zero-order valence-electron chi connectivity index (χ0n) is 17.1. The summed E-state index contributed by atoms with van der Waals surface area (Å²) in [5.74, 6) is 1.18. The summed E-state index contributed by atoms with van der Waals surface area (Å²) < 4.78 is 6.15. The maximum absolute atomic E-state index is 12.2. The number of aromatic nitrogens is 1. The highest BCUT2D eigenvalue weighted by Gasteiger charge is 2.38. The lowest BCUT2D eigenvalue weighted by molar-refractivity contribution is 0.0126. The van der Waals surface area contributed by atoms with E-state index >= 15 is 0 Å². The Morgan fingerprint density at radius 3 is 2.56 bits per heavy atom. The van der Waals surface area contributed by atoms with E-state index in [1.54, 1.807) is 4.90 Å². The van der Waals surface area contributed by atoms with Crippen molar-refractivity contribution in [2.75, 3.05) is 38.8 Å². The highest BCUT2D eigenvalue weighted by atomic mass is 16.5. The van der Waals surface area contributed by atoms with E-state index in [-0.39, 0.29) is 5.91 Å². The fourth-order valence-electron chi connectivity index (χ4n) is 3.83. The molecule has 0 spiro atoms. The molecule has 2 aliphatic heterocycles. The second-order valence-corrected chi connectivity index (χ2v) is 8.29. The number of fused-ring (bicyclic) bond motifs is 1. The number of pyridine rings is 1. The second kappa shape index (κ2) is 8.15. The Morgan fingerprint density at radius 2 is 1.96 bits per heavy atom. The summed E-state index contributed by atoms with van der Waals surface area (Å²) in [6, 6.07) is 2.07. The monoisotopic (exact) mass is 375 g/mol. The Kier molecular flexibility index (Phi) is 6.06. The minimum absolute atomic E-state index is 0.101. The zero-order chi connectivity index (χ0) is 19.6. The third kappa shape index (κ3) is 4.27. The van der Waals surface area contributed by atoms with Gasteiger partial charge in [-0.25, -0.2) is 4.98 Å². The van der Waals surface area contributed by atoms with Crippen molar-refractivity contribution in [1.82, 2.24) is 9.88 Å². The lowest BCUT2D eigenvalue weighted by atomic mass is 10.0. The third-order valence-electron chi connectivity index (χ3n) is 6.02. The summed E-state index contributed by atoms with van der Waals surface area (Å²) in [5, 5.41) is 7.00. The first-order valence-electron chi connectivity index (χ1n) is 10.1. The highest BCUT2D eigenvalue weighted by Crippen LogP contribution is 2.45. The van der Waals surface area contributed by atoms with Gasteiger partial charge in [-0.05, 0) is 49.1 Å². The number of aliphatic hydroxyl groups is 1. The van der Waals surface area contributed by atoms with Crippen molar-refractivity contribution in [3.63, 3.8) is 0 Å². The lowest BCUT2D eigenvalue weighted by Gasteiger charge is -2.34. The minimum atomic E-state index is 0.101. The summed E-state index contributed by atoms with van der Waals surface area (Å²) in [4.78, 5) is 21.2. The van der Waals surface area contributed by atoms with Gasteiger partial charge in [-0.2, -0.15) is 0 Å². The number of anilines is 1. The molecule has 0 radical (unpaired) electrons. The van der Waals surface area contributed by atoms with Gasteiger partial charge in [0.25, 0.3) is 5.91 Å². The van der Waals surface area contributed by atoms with Gasteiger partial charge in [-0.1, -0.05) is 13.8 Å². The number of nitrogens with zero attached hydrogens (tertiary/aromatic N) is 3. The number of aliphatic hydroxyl groups excluding tert-OH is 1. The summed E-state index contributed by atoms with van der Waals surface area (Å²) in [6.07, 6.45) is 6.06.